The first-order valence-corrected chi connectivity index (χ1v) is 5.43. The van der Waals surface area contributed by atoms with Crippen LogP contribution < -0.4 is 5.56 Å². The van der Waals surface area contributed by atoms with Gasteiger partial charge in [-0.15, -0.1) is 0 Å². The summed E-state index contributed by atoms with van der Waals surface area (Å²) in [7, 11) is 0. The third-order valence-corrected chi connectivity index (χ3v) is 3.07. The second kappa shape index (κ2) is 3.37. The monoisotopic (exact) mass is 203 g/mol. The van der Waals surface area contributed by atoms with Crippen molar-refractivity contribution in [2.24, 2.45) is 5.92 Å². The van der Waals surface area contributed by atoms with E-state index in [1.54, 1.807) is 6.07 Å². The second-order valence-electron chi connectivity index (χ2n) is 4.79. The van der Waals surface area contributed by atoms with E-state index in [0.717, 1.165) is 5.69 Å². The molecule has 1 N–H and O–H groups in total. The summed E-state index contributed by atoms with van der Waals surface area (Å²) in [5.74, 6) is 0.958. The van der Waals surface area contributed by atoms with E-state index in [2.05, 4.69) is 32.7 Å². The molecular weight excluding hydrogens is 186 g/mol. The molecule has 1 aromatic rings. The number of hydrogen-bond donors (Lipinski definition) is 1. The SMILES string of the molecule is CC(C)=C1c2ccc(=O)[nH]c2C1C(C)C. The molecule has 0 saturated heterocycles. The zero-order valence-electron chi connectivity index (χ0n) is 9.72. The molecule has 0 aliphatic heterocycles. The van der Waals surface area contributed by atoms with Gasteiger partial charge in [0.2, 0.25) is 5.56 Å². The first kappa shape index (κ1) is 10.2. The lowest BCUT2D eigenvalue weighted by Crippen LogP contribution is -2.27. The molecule has 80 valence electrons. The molecule has 2 rings (SSSR count). The molecule has 1 unspecified atom stereocenters. The average molecular weight is 203 g/mol. The maximum absolute atomic E-state index is 11.2. The second-order valence-corrected chi connectivity index (χ2v) is 4.79. The molecule has 1 aromatic heterocycles. The lowest BCUT2D eigenvalue weighted by atomic mass is 9.69. The highest BCUT2D eigenvalue weighted by Gasteiger charge is 2.35. The number of aromatic amines is 1. The van der Waals surface area contributed by atoms with Gasteiger partial charge in [-0.2, -0.15) is 0 Å². The van der Waals surface area contributed by atoms with Gasteiger partial charge in [0.05, 0.1) is 0 Å². The lowest BCUT2D eigenvalue weighted by Gasteiger charge is -2.37. The Hall–Kier alpha value is -1.31. The van der Waals surface area contributed by atoms with Crippen LogP contribution in [0.25, 0.3) is 5.57 Å². The Balaban J connectivity index is 2.60. The minimum absolute atomic E-state index is 0.00667. The molecule has 0 spiro atoms. The first-order chi connectivity index (χ1) is 7.02. The van der Waals surface area contributed by atoms with Crippen molar-refractivity contribution >= 4 is 5.57 Å². The molecule has 0 aromatic carbocycles. The molecule has 0 saturated carbocycles. The van der Waals surface area contributed by atoms with Crippen LogP contribution in [0, 0.1) is 5.92 Å². The van der Waals surface area contributed by atoms with Crippen LogP contribution in [0.4, 0.5) is 0 Å². The van der Waals surface area contributed by atoms with E-state index in [0.29, 0.717) is 11.8 Å². The number of pyridine rings is 1. The van der Waals surface area contributed by atoms with Crippen molar-refractivity contribution in [3.63, 3.8) is 0 Å². The van der Waals surface area contributed by atoms with Crippen LogP contribution in [0.3, 0.4) is 0 Å². The van der Waals surface area contributed by atoms with Gasteiger partial charge >= 0.3 is 0 Å². The fourth-order valence-electron chi connectivity index (χ4n) is 2.45. The van der Waals surface area contributed by atoms with Crippen molar-refractivity contribution in [1.82, 2.24) is 4.98 Å². The highest BCUT2D eigenvalue weighted by molar-refractivity contribution is 5.84. The molecule has 1 aliphatic rings. The van der Waals surface area contributed by atoms with Crippen molar-refractivity contribution < 1.29 is 0 Å². The van der Waals surface area contributed by atoms with Crippen molar-refractivity contribution in [2.45, 2.75) is 33.6 Å². The van der Waals surface area contributed by atoms with E-state index in [4.69, 9.17) is 0 Å². The summed E-state index contributed by atoms with van der Waals surface area (Å²) in [6, 6.07) is 3.55. The Labute approximate surface area is 90.0 Å². The Morgan fingerprint density at radius 2 is 2.00 bits per heavy atom. The third-order valence-electron chi connectivity index (χ3n) is 3.07. The quantitative estimate of drug-likeness (QED) is 0.748. The number of aromatic nitrogens is 1. The zero-order valence-corrected chi connectivity index (χ0v) is 9.72. The molecule has 0 bridgehead atoms. The minimum Gasteiger partial charge on any atom is -0.325 e. The number of fused-ring (bicyclic) bond motifs is 1. The maximum Gasteiger partial charge on any atom is 0.248 e. The topological polar surface area (TPSA) is 32.9 Å². The van der Waals surface area contributed by atoms with Crippen LogP contribution in [0.2, 0.25) is 0 Å². The largest absolute Gasteiger partial charge is 0.325 e. The molecular formula is C13H17NO. The molecule has 0 amide bonds. The molecule has 1 atom stereocenters. The Kier molecular flexibility index (Phi) is 2.29. The third kappa shape index (κ3) is 1.44. The van der Waals surface area contributed by atoms with Crippen molar-refractivity contribution in [3.05, 3.63) is 39.3 Å². The van der Waals surface area contributed by atoms with Crippen molar-refractivity contribution in [3.8, 4) is 0 Å². The molecule has 0 radical (unpaired) electrons. The van der Waals surface area contributed by atoms with E-state index in [9.17, 15) is 4.79 Å². The van der Waals surface area contributed by atoms with E-state index < -0.39 is 0 Å². The van der Waals surface area contributed by atoms with Crippen LogP contribution >= 0.6 is 0 Å². The van der Waals surface area contributed by atoms with Crippen molar-refractivity contribution in [1.29, 1.82) is 0 Å². The zero-order chi connectivity index (χ0) is 11.2. The number of nitrogens with one attached hydrogen (secondary N) is 1. The number of H-pyrrole nitrogens is 1. The fourth-order valence-corrected chi connectivity index (χ4v) is 2.45. The Bertz CT molecular complexity index is 476. The predicted molar refractivity (Wildman–Crippen MR) is 62.9 cm³/mol. The summed E-state index contributed by atoms with van der Waals surface area (Å²) in [5, 5.41) is 0. The van der Waals surface area contributed by atoms with Crippen LogP contribution in [0.1, 0.15) is 44.9 Å². The van der Waals surface area contributed by atoms with Gasteiger partial charge in [-0.05, 0) is 37.0 Å². The summed E-state index contributed by atoms with van der Waals surface area (Å²) in [6.45, 7) is 8.67. The normalized spacial score (nSPS) is 18.7. The van der Waals surface area contributed by atoms with Gasteiger partial charge in [-0.1, -0.05) is 19.4 Å². The van der Waals surface area contributed by atoms with Gasteiger partial charge in [0.1, 0.15) is 0 Å². The molecule has 1 heterocycles. The summed E-state index contributed by atoms with van der Waals surface area (Å²) in [5.41, 5.74) is 5.12. The smallest absolute Gasteiger partial charge is 0.248 e. The van der Waals surface area contributed by atoms with Gasteiger partial charge in [0.15, 0.2) is 0 Å². The molecule has 2 heteroatoms. The summed E-state index contributed by atoms with van der Waals surface area (Å²) < 4.78 is 0. The van der Waals surface area contributed by atoms with E-state index >= 15 is 0 Å². The standard InChI is InChI=1S/C13H17NO/c1-7(2)11-9-5-6-10(15)14-13(9)12(11)8(3)4/h5-6,8,12H,1-4H3,(H,14,15). The van der Waals surface area contributed by atoms with E-state index in [1.165, 1.54) is 16.7 Å². The Morgan fingerprint density at radius 3 is 2.53 bits per heavy atom. The number of allylic oxidation sites excluding steroid dienone is 2. The summed E-state index contributed by atoms with van der Waals surface area (Å²) in [4.78, 5) is 14.2. The van der Waals surface area contributed by atoms with Crippen LogP contribution in [-0.4, -0.2) is 4.98 Å². The predicted octanol–water partition coefficient (Wildman–Crippen LogP) is 2.92. The summed E-state index contributed by atoms with van der Waals surface area (Å²) in [6.07, 6.45) is 0. The Morgan fingerprint density at radius 1 is 1.33 bits per heavy atom. The van der Waals surface area contributed by atoms with Gasteiger partial charge in [-0.25, -0.2) is 0 Å². The molecule has 0 fully saturated rings. The van der Waals surface area contributed by atoms with Crippen molar-refractivity contribution in [2.75, 3.05) is 0 Å². The van der Waals surface area contributed by atoms with Gasteiger partial charge in [0.25, 0.3) is 0 Å². The number of rotatable bonds is 1. The molecule has 2 nitrogen and oxygen atoms in total. The highest BCUT2D eigenvalue weighted by Crippen LogP contribution is 2.49. The average Bonchev–Trinajstić information content (AvgIpc) is 2.08. The molecule has 1 aliphatic carbocycles. The van der Waals surface area contributed by atoms with E-state index in [1.807, 2.05) is 6.07 Å². The van der Waals surface area contributed by atoms with Gasteiger partial charge in [0, 0.05) is 17.7 Å². The van der Waals surface area contributed by atoms with Crippen LogP contribution in [-0.2, 0) is 0 Å². The highest BCUT2D eigenvalue weighted by atomic mass is 16.1. The van der Waals surface area contributed by atoms with Crippen LogP contribution in [0.15, 0.2) is 22.5 Å². The number of hydrogen-bond acceptors (Lipinski definition) is 1. The van der Waals surface area contributed by atoms with Crippen LogP contribution in [0.5, 0.6) is 0 Å². The van der Waals surface area contributed by atoms with E-state index in [-0.39, 0.29) is 5.56 Å². The lowest BCUT2D eigenvalue weighted by molar-refractivity contribution is 0.549. The maximum atomic E-state index is 11.2. The fraction of sp³-hybridized carbons (Fsp3) is 0.462. The van der Waals surface area contributed by atoms with Gasteiger partial charge in [-0.3, -0.25) is 4.79 Å². The first-order valence-electron chi connectivity index (χ1n) is 5.43. The molecule has 15 heavy (non-hydrogen) atoms. The minimum atomic E-state index is 0.00667. The van der Waals surface area contributed by atoms with Gasteiger partial charge < -0.3 is 4.98 Å². The summed E-state index contributed by atoms with van der Waals surface area (Å²) >= 11 is 0.